The Balaban J connectivity index is 0.00000200. The van der Waals surface area contributed by atoms with Gasteiger partial charge in [0, 0.05) is 0 Å². The number of alkyl carbamates (subject to hydrolysis) is 1. The minimum absolute atomic E-state index is 0. The summed E-state index contributed by atoms with van der Waals surface area (Å²) in [6, 6.07) is 8.95. The van der Waals surface area contributed by atoms with Crippen LogP contribution in [0.1, 0.15) is 18.4 Å². The zero-order valence-electron chi connectivity index (χ0n) is 11.2. The van der Waals surface area contributed by atoms with Gasteiger partial charge in [-0.15, -0.1) is 12.4 Å². The maximum absolute atomic E-state index is 13.7. The first kappa shape index (κ1) is 16.7. The smallest absolute Gasteiger partial charge is 0.407 e. The summed E-state index contributed by atoms with van der Waals surface area (Å²) in [6.07, 6.45) is -0.566. The van der Waals surface area contributed by atoms with Gasteiger partial charge in [0.15, 0.2) is 0 Å². The second-order valence-corrected chi connectivity index (χ2v) is 4.66. The molecule has 1 heterocycles. The summed E-state index contributed by atoms with van der Waals surface area (Å²) >= 11 is 0. The number of halogens is 2. The van der Waals surface area contributed by atoms with Crippen molar-refractivity contribution >= 4 is 18.5 Å². The molecular formula is C14H20ClFN2O2. The van der Waals surface area contributed by atoms with Crippen molar-refractivity contribution < 1.29 is 13.9 Å². The third-order valence-electron chi connectivity index (χ3n) is 3.18. The Morgan fingerprint density at radius 1 is 1.30 bits per heavy atom. The molecule has 2 N–H and O–H groups in total. The van der Waals surface area contributed by atoms with Crippen molar-refractivity contribution in [3.63, 3.8) is 0 Å². The molecule has 1 aliphatic rings. The quantitative estimate of drug-likeness (QED) is 0.901. The number of carbonyl (C=O) groups is 1. The van der Waals surface area contributed by atoms with Crippen molar-refractivity contribution in [3.05, 3.63) is 35.9 Å². The lowest BCUT2D eigenvalue weighted by atomic mass is 10.1. The van der Waals surface area contributed by atoms with Crippen LogP contribution in [0.3, 0.4) is 0 Å². The third-order valence-corrected chi connectivity index (χ3v) is 3.18. The predicted molar refractivity (Wildman–Crippen MR) is 77.8 cm³/mol. The van der Waals surface area contributed by atoms with E-state index in [1.807, 2.05) is 30.3 Å². The Labute approximate surface area is 124 Å². The number of ether oxygens (including phenoxy) is 1. The molecule has 2 unspecified atom stereocenters. The minimum atomic E-state index is -1.01. The monoisotopic (exact) mass is 302 g/mol. The molecule has 0 bridgehead atoms. The van der Waals surface area contributed by atoms with Crippen molar-refractivity contribution in [2.45, 2.75) is 31.7 Å². The molecule has 2 rings (SSSR count). The second kappa shape index (κ2) is 8.76. The molecular weight excluding hydrogens is 283 g/mol. The summed E-state index contributed by atoms with van der Waals surface area (Å²) in [6.45, 7) is 1.57. The van der Waals surface area contributed by atoms with E-state index in [9.17, 15) is 9.18 Å². The zero-order chi connectivity index (χ0) is 13.5. The van der Waals surface area contributed by atoms with Gasteiger partial charge in [-0.1, -0.05) is 30.3 Å². The van der Waals surface area contributed by atoms with Gasteiger partial charge < -0.3 is 15.4 Å². The van der Waals surface area contributed by atoms with E-state index in [-0.39, 0.29) is 19.0 Å². The molecule has 1 saturated heterocycles. The molecule has 1 aliphatic heterocycles. The number of rotatable bonds is 3. The van der Waals surface area contributed by atoms with Crippen LogP contribution in [0, 0.1) is 0 Å². The molecule has 4 nitrogen and oxygen atoms in total. The van der Waals surface area contributed by atoms with Crippen LogP contribution in [-0.4, -0.2) is 31.4 Å². The van der Waals surface area contributed by atoms with Crippen molar-refractivity contribution in [3.8, 4) is 0 Å². The number of hydrogen-bond donors (Lipinski definition) is 2. The van der Waals surface area contributed by atoms with E-state index in [0.29, 0.717) is 25.9 Å². The summed E-state index contributed by atoms with van der Waals surface area (Å²) in [4.78, 5) is 11.6. The van der Waals surface area contributed by atoms with Crippen LogP contribution < -0.4 is 10.6 Å². The standard InChI is InChI=1S/C14H19FN2O2.ClH/c15-12-6-8-16-9-7-13(12)17-14(18)19-10-11-4-2-1-3-5-11;/h1-5,12-13,16H,6-10H2,(H,17,18);1H. The Kier molecular flexibility index (Phi) is 7.33. The van der Waals surface area contributed by atoms with Gasteiger partial charge in [0.1, 0.15) is 12.8 Å². The molecule has 0 radical (unpaired) electrons. The topological polar surface area (TPSA) is 50.4 Å². The number of amides is 1. The van der Waals surface area contributed by atoms with Gasteiger partial charge in [-0.2, -0.15) is 0 Å². The first-order chi connectivity index (χ1) is 9.25. The Hall–Kier alpha value is -1.33. The van der Waals surface area contributed by atoms with Gasteiger partial charge >= 0.3 is 6.09 Å². The van der Waals surface area contributed by atoms with Crippen LogP contribution in [0.5, 0.6) is 0 Å². The average molecular weight is 303 g/mol. The third kappa shape index (κ3) is 5.35. The molecule has 1 amide bonds. The van der Waals surface area contributed by atoms with Crippen molar-refractivity contribution in [2.75, 3.05) is 13.1 Å². The van der Waals surface area contributed by atoms with Crippen molar-refractivity contribution in [2.24, 2.45) is 0 Å². The van der Waals surface area contributed by atoms with Crippen molar-refractivity contribution in [1.29, 1.82) is 0 Å². The van der Waals surface area contributed by atoms with Crippen LogP contribution in [0.25, 0.3) is 0 Å². The van der Waals surface area contributed by atoms with Gasteiger partial charge in [0.05, 0.1) is 6.04 Å². The van der Waals surface area contributed by atoms with E-state index < -0.39 is 18.3 Å². The Morgan fingerprint density at radius 2 is 2.00 bits per heavy atom. The maximum atomic E-state index is 13.7. The number of hydrogen-bond acceptors (Lipinski definition) is 3. The molecule has 1 aromatic rings. The molecule has 20 heavy (non-hydrogen) atoms. The van der Waals surface area contributed by atoms with Crippen molar-refractivity contribution in [1.82, 2.24) is 10.6 Å². The van der Waals surface area contributed by atoms with Crippen LogP contribution in [0.2, 0.25) is 0 Å². The van der Waals surface area contributed by atoms with E-state index >= 15 is 0 Å². The number of nitrogens with one attached hydrogen (secondary N) is 2. The molecule has 0 saturated carbocycles. The molecule has 112 valence electrons. The molecule has 0 spiro atoms. The molecule has 2 atom stereocenters. The van der Waals surface area contributed by atoms with E-state index in [1.54, 1.807) is 0 Å². The summed E-state index contributed by atoms with van der Waals surface area (Å²) in [5.41, 5.74) is 0.914. The van der Waals surface area contributed by atoms with Gasteiger partial charge in [0.25, 0.3) is 0 Å². The highest BCUT2D eigenvalue weighted by Gasteiger charge is 2.25. The summed E-state index contributed by atoms with van der Waals surface area (Å²) < 4.78 is 18.8. The first-order valence-electron chi connectivity index (χ1n) is 6.57. The fourth-order valence-electron chi connectivity index (χ4n) is 2.08. The van der Waals surface area contributed by atoms with E-state index in [0.717, 1.165) is 5.56 Å². The lowest BCUT2D eigenvalue weighted by Gasteiger charge is -2.19. The summed E-state index contributed by atoms with van der Waals surface area (Å²) in [5, 5.41) is 5.71. The molecule has 1 fully saturated rings. The van der Waals surface area contributed by atoms with E-state index in [4.69, 9.17) is 4.74 Å². The summed E-state index contributed by atoms with van der Waals surface area (Å²) in [5.74, 6) is 0. The van der Waals surface area contributed by atoms with E-state index in [2.05, 4.69) is 10.6 Å². The lowest BCUT2D eigenvalue weighted by molar-refractivity contribution is 0.126. The summed E-state index contributed by atoms with van der Waals surface area (Å²) in [7, 11) is 0. The fraction of sp³-hybridized carbons (Fsp3) is 0.500. The first-order valence-corrected chi connectivity index (χ1v) is 6.57. The van der Waals surface area contributed by atoms with Gasteiger partial charge in [-0.05, 0) is 31.5 Å². The highest BCUT2D eigenvalue weighted by molar-refractivity contribution is 5.85. The second-order valence-electron chi connectivity index (χ2n) is 4.66. The van der Waals surface area contributed by atoms with Gasteiger partial charge in [-0.25, -0.2) is 9.18 Å². The van der Waals surface area contributed by atoms with E-state index in [1.165, 1.54) is 0 Å². The average Bonchev–Trinajstić information content (AvgIpc) is 2.63. The fourth-order valence-corrected chi connectivity index (χ4v) is 2.08. The van der Waals surface area contributed by atoms with Crippen LogP contribution in [0.15, 0.2) is 30.3 Å². The maximum Gasteiger partial charge on any atom is 0.407 e. The van der Waals surface area contributed by atoms with Gasteiger partial charge in [0.2, 0.25) is 0 Å². The molecule has 0 aromatic heterocycles. The lowest BCUT2D eigenvalue weighted by Crippen LogP contribution is -2.41. The minimum Gasteiger partial charge on any atom is -0.445 e. The highest BCUT2D eigenvalue weighted by atomic mass is 35.5. The molecule has 0 aliphatic carbocycles. The Morgan fingerprint density at radius 3 is 2.75 bits per heavy atom. The molecule has 6 heteroatoms. The molecule has 1 aromatic carbocycles. The van der Waals surface area contributed by atoms with Crippen LogP contribution in [0.4, 0.5) is 9.18 Å². The van der Waals surface area contributed by atoms with Gasteiger partial charge in [-0.3, -0.25) is 0 Å². The number of benzene rings is 1. The normalized spacial score (nSPS) is 22.2. The SMILES string of the molecule is Cl.O=C(NC1CCNCCC1F)OCc1ccccc1. The predicted octanol–water partition coefficient (Wildman–Crippen LogP) is 2.42. The Bertz CT molecular complexity index is 405. The van der Waals surface area contributed by atoms with Crippen LogP contribution >= 0.6 is 12.4 Å². The zero-order valence-corrected chi connectivity index (χ0v) is 12.0. The number of carbonyl (C=O) groups excluding carboxylic acids is 1. The van der Waals surface area contributed by atoms with Crippen LogP contribution in [-0.2, 0) is 11.3 Å². The number of alkyl halides is 1. The highest BCUT2D eigenvalue weighted by Crippen LogP contribution is 2.11. The largest absolute Gasteiger partial charge is 0.445 e.